The molecule has 2 aromatic rings. The van der Waals surface area contributed by atoms with Gasteiger partial charge in [-0.25, -0.2) is 9.07 Å². The SMILES string of the molecule is COc1cc(-n2cc(CNC(C)C)nn2)ccc1F. The average Bonchev–Trinajstić information content (AvgIpc) is 2.86. The smallest absolute Gasteiger partial charge is 0.165 e. The Morgan fingerprint density at radius 3 is 2.89 bits per heavy atom. The van der Waals surface area contributed by atoms with Crippen molar-refractivity contribution in [2.75, 3.05) is 7.11 Å². The van der Waals surface area contributed by atoms with Crippen LogP contribution in [0.15, 0.2) is 24.4 Å². The molecular weight excluding hydrogens is 247 g/mol. The average molecular weight is 264 g/mol. The molecule has 102 valence electrons. The highest BCUT2D eigenvalue weighted by atomic mass is 19.1. The van der Waals surface area contributed by atoms with Gasteiger partial charge in [0, 0.05) is 18.7 Å². The Hall–Kier alpha value is -1.95. The van der Waals surface area contributed by atoms with E-state index in [2.05, 4.69) is 29.5 Å². The summed E-state index contributed by atoms with van der Waals surface area (Å²) >= 11 is 0. The number of ether oxygens (including phenoxy) is 1. The van der Waals surface area contributed by atoms with Crippen LogP contribution in [-0.2, 0) is 6.54 Å². The second kappa shape index (κ2) is 5.79. The summed E-state index contributed by atoms with van der Waals surface area (Å²) in [5, 5.41) is 11.3. The molecule has 0 saturated heterocycles. The molecule has 1 aromatic carbocycles. The minimum atomic E-state index is -0.395. The second-order valence-electron chi connectivity index (χ2n) is 4.51. The Labute approximate surface area is 111 Å². The third-order valence-electron chi connectivity index (χ3n) is 2.63. The topological polar surface area (TPSA) is 52.0 Å². The molecule has 6 heteroatoms. The second-order valence-corrected chi connectivity index (χ2v) is 4.51. The number of benzene rings is 1. The highest BCUT2D eigenvalue weighted by molar-refractivity contribution is 5.39. The fraction of sp³-hybridized carbons (Fsp3) is 0.385. The molecule has 1 N–H and O–H groups in total. The summed E-state index contributed by atoms with van der Waals surface area (Å²) in [5.41, 5.74) is 1.54. The lowest BCUT2D eigenvalue weighted by molar-refractivity contribution is 0.386. The number of nitrogens with one attached hydrogen (secondary N) is 1. The fourth-order valence-electron chi connectivity index (χ4n) is 1.61. The first-order valence-electron chi connectivity index (χ1n) is 6.08. The summed E-state index contributed by atoms with van der Waals surface area (Å²) < 4.78 is 19.9. The van der Waals surface area contributed by atoms with Crippen LogP contribution in [0.3, 0.4) is 0 Å². The van der Waals surface area contributed by atoms with Crippen molar-refractivity contribution in [3.05, 3.63) is 35.9 Å². The lowest BCUT2D eigenvalue weighted by Crippen LogP contribution is -2.21. The zero-order valence-electron chi connectivity index (χ0n) is 11.2. The maximum atomic E-state index is 13.3. The van der Waals surface area contributed by atoms with E-state index in [0.29, 0.717) is 18.3 Å². The van der Waals surface area contributed by atoms with E-state index < -0.39 is 5.82 Å². The Bertz CT molecular complexity index is 553. The quantitative estimate of drug-likeness (QED) is 0.896. The van der Waals surface area contributed by atoms with Gasteiger partial charge in [-0.2, -0.15) is 0 Å². The molecule has 0 aliphatic rings. The van der Waals surface area contributed by atoms with E-state index in [1.54, 1.807) is 16.8 Å². The molecule has 0 radical (unpaired) electrons. The van der Waals surface area contributed by atoms with Crippen molar-refractivity contribution in [1.29, 1.82) is 0 Å². The van der Waals surface area contributed by atoms with Gasteiger partial charge in [0.05, 0.1) is 24.7 Å². The van der Waals surface area contributed by atoms with Crippen molar-refractivity contribution in [2.45, 2.75) is 26.4 Å². The van der Waals surface area contributed by atoms with Gasteiger partial charge in [0.2, 0.25) is 0 Å². The number of aromatic nitrogens is 3. The van der Waals surface area contributed by atoms with E-state index in [1.165, 1.54) is 13.2 Å². The predicted molar refractivity (Wildman–Crippen MR) is 69.8 cm³/mol. The Balaban J connectivity index is 2.18. The number of nitrogens with zero attached hydrogens (tertiary/aromatic N) is 3. The molecule has 0 saturated carbocycles. The summed E-state index contributed by atoms with van der Waals surface area (Å²) in [6, 6.07) is 4.95. The normalized spacial score (nSPS) is 11.0. The maximum absolute atomic E-state index is 13.3. The molecule has 0 aliphatic carbocycles. The van der Waals surface area contributed by atoms with Gasteiger partial charge in [0.25, 0.3) is 0 Å². The lowest BCUT2D eigenvalue weighted by Gasteiger charge is -2.05. The molecule has 19 heavy (non-hydrogen) atoms. The molecule has 0 bridgehead atoms. The van der Waals surface area contributed by atoms with Gasteiger partial charge in [-0.05, 0) is 12.1 Å². The summed E-state index contributed by atoms with van der Waals surface area (Å²) in [7, 11) is 1.43. The van der Waals surface area contributed by atoms with Crippen molar-refractivity contribution >= 4 is 0 Å². The van der Waals surface area contributed by atoms with E-state index in [4.69, 9.17) is 4.74 Å². The summed E-state index contributed by atoms with van der Waals surface area (Å²) in [5.74, 6) is -0.206. The Morgan fingerprint density at radius 2 is 2.21 bits per heavy atom. The number of halogens is 1. The van der Waals surface area contributed by atoms with Crippen LogP contribution in [0, 0.1) is 5.82 Å². The van der Waals surface area contributed by atoms with Crippen LogP contribution in [-0.4, -0.2) is 28.1 Å². The predicted octanol–water partition coefficient (Wildman–Crippen LogP) is 1.91. The van der Waals surface area contributed by atoms with Gasteiger partial charge >= 0.3 is 0 Å². The van der Waals surface area contributed by atoms with Crippen LogP contribution in [0.5, 0.6) is 5.75 Å². The highest BCUT2D eigenvalue weighted by Gasteiger charge is 2.07. The highest BCUT2D eigenvalue weighted by Crippen LogP contribution is 2.20. The summed E-state index contributed by atoms with van der Waals surface area (Å²) in [6.07, 6.45) is 1.81. The zero-order chi connectivity index (χ0) is 13.8. The van der Waals surface area contributed by atoms with Crippen LogP contribution < -0.4 is 10.1 Å². The number of hydrogen-bond acceptors (Lipinski definition) is 4. The van der Waals surface area contributed by atoms with Crippen LogP contribution in [0.2, 0.25) is 0 Å². The number of rotatable bonds is 5. The molecular formula is C13H17FN4O. The Kier molecular flexibility index (Phi) is 4.11. The van der Waals surface area contributed by atoms with Gasteiger partial charge in [0.15, 0.2) is 11.6 Å². The molecule has 0 aliphatic heterocycles. The molecule has 0 amide bonds. The van der Waals surface area contributed by atoms with E-state index in [0.717, 1.165) is 5.69 Å². The molecule has 0 unspecified atom stereocenters. The van der Waals surface area contributed by atoms with Crippen molar-refractivity contribution in [3.63, 3.8) is 0 Å². The number of methoxy groups -OCH3 is 1. The summed E-state index contributed by atoms with van der Waals surface area (Å²) in [4.78, 5) is 0. The van der Waals surface area contributed by atoms with Gasteiger partial charge in [0.1, 0.15) is 0 Å². The Morgan fingerprint density at radius 1 is 1.42 bits per heavy atom. The molecule has 1 aromatic heterocycles. The molecule has 1 heterocycles. The number of hydrogen-bond donors (Lipinski definition) is 1. The van der Waals surface area contributed by atoms with E-state index in [-0.39, 0.29) is 5.75 Å². The first kappa shape index (κ1) is 13.5. The molecule has 0 spiro atoms. The van der Waals surface area contributed by atoms with Crippen molar-refractivity contribution in [1.82, 2.24) is 20.3 Å². The third-order valence-corrected chi connectivity index (χ3v) is 2.63. The van der Waals surface area contributed by atoms with Gasteiger partial charge in [-0.3, -0.25) is 0 Å². The van der Waals surface area contributed by atoms with Gasteiger partial charge in [-0.1, -0.05) is 19.1 Å². The van der Waals surface area contributed by atoms with Crippen molar-refractivity contribution in [2.24, 2.45) is 0 Å². The molecule has 0 fully saturated rings. The van der Waals surface area contributed by atoms with Gasteiger partial charge in [-0.15, -0.1) is 5.10 Å². The first-order chi connectivity index (χ1) is 9.10. The van der Waals surface area contributed by atoms with Gasteiger partial charge < -0.3 is 10.1 Å². The minimum Gasteiger partial charge on any atom is -0.494 e. The maximum Gasteiger partial charge on any atom is 0.165 e. The largest absolute Gasteiger partial charge is 0.494 e. The van der Waals surface area contributed by atoms with E-state index in [1.807, 2.05) is 6.20 Å². The van der Waals surface area contributed by atoms with Crippen LogP contribution in [0.1, 0.15) is 19.5 Å². The molecule has 5 nitrogen and oxygen atoms in total. The third kappa shape index (κ3) is 3.29. The molecule has 2 rings (SSSR count). The van der Waals surface area contributed by atoms with E-state index in [9.17, 15) is 4.39 Å². The zero-order valence-corrected chi connectivity index (χ0v) is 11.2. The first-order valence-corrected chi connectivity index (χ1v) is 6.08. The lowest BCUT2D eigenvalue weighted by atomic mass is 10.3. The summed E-state index contributed by atoms with van der Waals surface area (Å²) in [6.45, 7) is 4.78. The van der Waals surface area contributed by atoms with E-state index >= 15 is 0 Å². The van der Waals surface area contributed by atoms with Crippen molar-refractivity contribution in [3.8, 4) is 11.4 Å². The standard InChI is InChI=1S/C13H17FN4O/c1-9(2)15-7-10-8-18(17-16-10)11-4-5-12(14)13(6-11)19-3/h4-6,8-9,15H,7H2,1-3H3. The molecule has 0 atom stereocenters. The monoisotopic (exact) mass is 264 g/mol. The van der Waals surface area contributed by atoms with Crippen LogP contribution in [0.25, 0.3) is 5.69 Å². The van der Waals surface area contributed by atoms with Crippen LogP contribution >= 0.6 is 0 Å². The fourth-order valence-corrected chi connectivity index (χ4v) is 1.61. The van der Waals surface area contributed by atoms with Crippen molar-refractivity contribution < 1.29 is 9.13 Å². The minimum absolute atomic E-state index is 0.190. The van der Waals surface area contributed by atoms with Crippen LogP contribution in [0.4, 0.5) is 4.39 Å².